The van der Waals surface area contributed by atoms with Crippen molar-refractivity contribution < 1.29 is 4.79 Å². The molecule has 0 radical (unpaired) electrons. The van der Waals surface area contributed by atoms with Crippen LogP contribution in [0, 0.1) is 0 Å². The quantitative estimate of drug-likeness (QED) is 0.512. The molecule has 134 valence electrons. The first kappa shape index (κ1) is 17.3. The Morgan fingerprint density at radius 3 is 2.96 bits per heavy atom. The average Bonchev–Trinajstić information content (AvgIpc) is 3.13. The molecule has 0 aliphatic carbocycles. The van der Waals surface area contributed by atoms with E-state index in [0.29, 0.717) is 15.4 Å². The lowest BCUT2D eigenvalue weighted by Gasteiger charge is -2.31. The van der Waals surface area contributed by atoms with Gasteiger partial charge in [0.25, 0.3) is 5.56 Å². The van der Waals surface area contributed by atoms with Crippen molar-refractivity contribution in [1.29, 1.82) is 0 Å². The first-order chi connectivity index (χ1) is 12.6. The Morgan fingerprint density at radius 1 is 1.31 bits per heavy atom. The fraction of sp³-hybridized carbons (Fsp3) is 0.316. The highest BCUT2D eigenvalue weighted by molar-refractivity contribution is 8.00. The Morgan fingerprint density at radius 2 is 2.12 bits per heavy atom. The highest BCUT2D eigenvalue weighted by Gasteiger charge is 2.27. The molecular formula is C19H19N3O2S2. The van der Waals surface area contributed by atoms with Gasteiger partial charge in [-0.3, -0.25) is 14.2 Å². The Labute approximate surface area is 159 Å². The second-order valence-corrected chi connectivity index (χ2v) is 8.60. The molecule has 0 bridgehead atoms. The van der Waals surface area contributed by atoms with Crippen molar-refractivity contribution in [2.45, 2.75) is 30.2 Å². The molecule has 0 N–H and O–H groups in total. The molecule has 1 atom stereocenters. The molecule has 3 aromatic rings. The van der Waals surface area contributed by atoms with Crippen molar-refractivity contribution >= 4 is 44.9 Å². The summed E-state index contributed by atoms with van der Waals surface area (Å²) >= 11 is 2.74. The van der Waals surface area contributed by atoms with Gasteiger partial charge in [0.15, 0.2) is 5.16 Å². The fourth-order valence-corrected chi connectivity index (χ4v) is 5.01. The van der Waals surface area contributed by atoms with Gasteiger partial charge >= 0.3 is 0 Å². The zero-order valence-corrected chi connectivity index (χ0v) is 16.3. The van der Waals surface area contributed by atoms with Gasteiger partial charge in [-0.25, -0.2) is 4.98 Å². The summed E-state index contributed by atoms with van der Waals surface area (Å²) in [4.78, 5) is 32.0. The molecule has 4 rings (SSSR count). The summed E-state index contributed by atoms with van der Waals surface area (Å²) in [6, 6.07) is 9.93. The van der Waals surface area contributed by atoms with Gasteiger partial charge in [-0.05, 0) is 42.8 Å². The number of anilines is 1. The van der Waals surface area contributed by atoms with Crippen LogP contribution in [0.5, 0.6) is 0 Å². The van der Waals surface area contributed by atoms with Crippen molar-refractivity contribution in [2.75, 3.05) is 11.4 Å². The zero-order chi connectivity index (χ0) is 18.3. The Hall–Kier alpha value is -2.12. The molecule has 2 aromatic heterocycles. The molecule has 0 fully saturated rings. The summed E-state index contributed by atoms with van der Waals surface area (Å²) in [6.07, 6.45) is 1.98. The van der Waals surface area contributed by atoms with Gasteiger partial charge < -0.3 is 4.90 Å². The van der Waals surface area contributed by atoms with E-state index in [0.717, 1.165) is 25.1 Å². The minimum atomic E-state index is -0.324. The number of aryl methyl sites for hydroxylation is 1. The van der Waals surface area contributed by atoms with E-state index in [4.69, 9.17) is 0 Å². The number of thiophene rings is 1. The first-order valence-electron chi connectivity index (χ1n) is 8.56. The number of benzene rings is 1. The SMILES string of the molecule is CC(Sc1nc2ccsc2c(=O)n1C)C(=O)N1CCCc2ccccc21. The van der Waals surface area contributed by atoms with E-state index in [-0.39, 0.29) is 16.7 Å². The van der Waals surface area contributed by atoms with Gasteiger partial charge in [0.1, 0.15) is 4.70 Å². The van der Waals surface area contributed by atoms with Gasteiger partial charge in [-0.1, -0.05) is 30.0 Å². The monoisotopic (exact) mass is 385 g/mol. The van der Waals surface area contributed by atoms with Crippen LogP contribution < -0.4 is 10.5 Å². The molecule has 26 heavy (non-hydrogen) atoms. The highest BCUT2D eigenvalue weighted by atomic mass is 32.2. The van der Waals surface area contributed by atoms with Crippen LogP contribution in [-0.2, 0) is 18.3 Å². The van der Waals surface area contributed by atoms with Gasteiger partial charge in [0.2, 0.25) is 5.91 Å². The van der Waals surface area contributed by atoms with E-state index in [1.54, 1.807) is 7.05 Å². The van der Waals surface area contributed by atoms with E-state index in [1.165, 1.54) is 33.2 Å². The number of thioether (sulfide) groups is 1. The third-order valence-electron chi connectivity index (χ3n) is 4.65. The number of hydrogen-bond donors (Lipinski definition) is 0. The van der Waals surface area contributed by atoms with Crippen LogP contribution in [0.1, 0.15) is 18.9 Å². The molecule has 1 amide bonds. The number of carbonyl (C=O) groups is 1. The number of carbonyl (C=O) groups excluding carboxylic acids is 1. The van der Waals surface area contributed by atoms with Crippen molar-refractivity contribution in [3.8, 4) is 0 Å². The van der Waals surface area contributed by atoms with E-state index in [9.17, 15) is 9.59 Å². The van der Waals surface area contributed by atoms with Gasteiger partial charge in [0, 0.05) is 19.3 Å². The lowest BCUT2D eigenvalue weighted by molar-refractivity contribution is -0.117. The van der Waals surface area contributed by atoms with E-state index < -0.39 is 0 Å². The predicted octanol–water partition coefficient (Wildman–Crippen LogP) is 3.46. The number of para-hydroxylation sites is 1. The number of hydrogen-bond acceptors (Lipinski definition) is 5. The van der Waals surface area contributed by atoms with Gasteiger partial charge in [-0.15, -0.1) is 11.3 Å². The maximum Gasteiger partial charge on any atom is 0.271 e. The Kier molecular flexibility index (Phi) is 4.58. The lowest BCUT2D eigenvalue weighted by atomic mass is 10.0. The van der Waals surface area contributed by atoms with Crippen LogP contribution in [0.25, 0.3) is 10.2 Å². The lowest BCUT2D eigenvalue weighted by Crippen LogP contribution is -2.40. The molecule has 7 heteroatoms. The summed E-state index contributed by atoms with van der Waals surface area (Å²) in [5.74, 6) is 0.0572. The number of nitrogens with zero attached hydrogens (tertiary/aromatic N) is 3. The largest absolute Gasteiger partial charge is 0.311 e. The second kappa shape index (κ2) is 6.89. The van der Waals surface area contributed by atoms with E-state index in [2.05, 4.69) is 11.1 Å². The van der Waals surface area contributed by atoms with Crippen LogP contribution in [-0.4, -0.2) is 27.3 Å². The predicted molar refractivity (Wildman–Crippen MR) is 107 cm³/mol. The molecule has 1 aromatic carbocycles. The number of rotatable bonds is 3. The molecule has 1 unspecified atom stereocenters. The average molecular weight is 386 g/mol. The summed E-state index contributed by atoms with van der Waals surface area (Å²) in [7, 11) is 1.71. The molecule has 5 nitrogen and oxygen atoms in total. The van der Waals surface area contributed by atoms with Crippen LogP contribution in [0.4, 0.5) is 5.69 Å². The summed E-state index contributed by atoms with van der Waals surface area (Å²) in [5, 5.41) is 2.12. The molecular weight excluding hydrogens is 366 g/mol. The van der Waals surface area contributed by atoms with Gasteiger partial charge in [-0.2, -0.15) is 0 Å². The molecule has 1 aliphatic rings. The van der Waals surface area contributed by atoms with Crippen molar-refractivity contribution in [3.05, 3.63) is 51.6 Å². The summed E-state index contributed by atoms with van der Waals surface area (Å²) in [6.45, 7) is 2.62. The Balaban J connectivity index is 1.61. The molecule has 3 heterocycles. The van der Waals surface area contributed by atoms with E-state index in [1.807, 2.05) is 41.5 Å². The summed E-state index contributed by atoms with van der Waals surface area (Å²) < 4.78 is 2.19. The minimum absolute atomic E-state index is 0.0572. The Bertz CT molecular complexity index is 1040. The minimum Gasteiger partial charge on any atom is -0.311 e. The number of amides is 1. The smallest absolute Gasteiger partial charge is 0.271 e. The zero-order valence-electron chi connectivity index (χ0n) is 14.6. The normalized spacial score (nSPS) is 15.1. The van der Waals surface area contributed by atoms with Crippen LogP contribution in [0.2, 0.25) is 0 Å². The van der Waals surface area contributed by atoms with Crippen LogP contribution in [0.15, 0.2) is 45.7 Å². The molecule has 1 aliphatic heterocycles. The third kappa shape index (κ3) is 2.95. The third-order valence-corrected chi connectivity index (χ3v) is 6.68. The van der Waals surface area contributed by atoms with Crippen molar-refractivity contribution in [1.82, 2.24) is 9.55 Å². The number of aromatic nitrogens is 2. The second-order valence-electron chi connectivity index (χ2n) is 6.38. The van der Waals surface area contributed by atoms with Crippen LogP contribution >= 0.6 is 23.1 Å². The maximum atomic E-state index is 13.1. The fourth-order valence-electron chi connectivity index (χ4n) is 3.26. The topological polar surface area (TPSA) is 55.2 Å². The highest BCUT2D eigenvalue weighted by Crippen LogP contribution is 2.30. The molecule has 0 saturated heterocycles. The van der Waals surface area contributed by atoms with Gasteiger partial charge in [0.05, 0.1) is 10.8 Å². The maximum absolute atomic E-state index is 13.1. The van der Waals surface area contributed by atoms with Crippen molar-refractivity contribution in [2.24, 2.45) is 7.05 Å². The number of fused-ring (bicyclic) bond motifs is 2. The molecule has 0 spiro atoms. The molecule has 0 saturated carbocycles. The van der Waals surface area contributed by atoms with Crippen molar-refractivity contribution in [3.63, 3.8) is 0 Å². The standard InChI is InChI=1S/C19H19N3O2S2/c1-12(17(23)22-10-5-7-13-6-3-4-8-15(13)22)26-19-20-14-9-11-25-16(14)18(24)21(19)2/h3-4,6,8-9,11-12H,5,7,10H2,1-2H3. The van der Waals surface area contributed by atoms with E-state index >= 15 is 0 Å². The van der Waals surface area contributed by atoms with Crippen LogP contribution in [0.3, 0.4) is 0 Å². The summed E-state index contributed by atoms with van der Waals surface area (Å²) in [5.41, 5.74) is 2.86. The first-order valence-corrected chi connectivity index (χ1v) is 10.3.